The van der Waals surface area contributed by atoms with Crippen molar-refractivity contribution in [3.05, 3.63) is 56.9 Å². The summed E-state index contributed by atoms with van der Waals surface area (Å²) in [6, 6.07) is 4.82. The maximum Gasteiger partial charge on any atom is 0.324 e. The lowest BCUT2D eigenvalue weighted by Crippen LogP contribution is -2.09. The molecule has 1 amide bonds. The number of amides is 1. The number of hydrogen-bond acceptors (Lipinski definition) is 6. The molecule has 3 rings (SSSR count). The molecule has 9 heteroatoms. The van der Waals surface area contributed by atoms with Crippen molar-refractivity contribution in [2.45, 2.75) is 13.8 Å². The zero-order valence-electron chi connectivity index (χ0n) is 12.9. The molecule has 0 aliphatic carbocycles. The van der Waals surface area contributed by atoms with Gasteiger partial charge in [0.15, 0.2) is 5.65 Å². The van der Waals surface area contributed by atoms with Gasteiger partial charge in [0.25, 0.3) is 0 Å². The summed E-state index contributed by atoms with van der Waals surface area (Å²) in [6.07, 6.45) is 4.56. The van der Waals surface area contributed by atoms with E-state index in [0.717, 1.165) is 22.5 Å². The Hall–Kier alpha value is -3.07. The molecule has 0 aliphatic rings. The fraction of sp³-hybridized carbons (Fsp3) is 0.133. The van der Waals surface area contributed by atoms with E-state index in [0.29, 0.717) is 16.4 Å². The van der Waals surface area contributed by atoms with E-state index in [1.807, 2.05) is 13.0 Å². The summed E-state index contributed by atoms with van der Waals surface area (Å²) in [7, 11) is 0. The minimum atomic E-state index is -0.458. The average Bonchev–Trinajstić information content (AvgIpc) is 3.11. The zero-order valence-corrected chi connectivity index (χ0v) is 13.7. The number of carbonyl (C=O) groups is 1. The standard InChI is InChI=1S/C15H13N5O3S/c1-9-7-11(8-19-15(9)16-10(2)18-19)17-13(21)5-3-12-4-6-14(24-12)20(22)23/h3-8H,1-2H3,(H,17,21)/b5-3+. The van der Waals surface area contributed by atoms with Crippen molar-refractivity contribution >= 4 is 39.7 Å². The van der Waals surface area contributed by atoms with E-state index < -0.39 is 4.92 Å². The van der Waals surface area contributed by atoms with Crippen LogP contribution in [-0.4, -0.2) is 25.4 Å². The molecule has 24 heavy (non-hydrogen) atoms. The van der Waals surface area contributed by atoms with Crippen LogP contribution in [0.15, 0.2) is 30.5 Å². The monoisotopic (exact) mass is 343 g/mol. The van der Waals surface area contributed by atoms with Crippen LogP contribution in [0.4, 0.5) is 10.7 Å². The highest BCUT2D eigenvalue weighted by molar-refractivity contribution is 7.16. The summed E-state index contributed by atoms with van der Waals surface area (Å²) in [5, 5.41) is 17.6. The number of carbonyl (C=O) groups excluding carboxylic acids is 1. The van der Waals surface area contributed by atoms with Crippen LogP contribution in [0.1, 0.15) is 16.3 Å². The van der Waals surface area contributed by atoms with E-state index in [-0.39, 0.29) is 10.9 Å². The van der Waals surface area contributed by atoms with E-state index in [1.165, 1.54) is 18.2 Å². The maximum absolute atomic E-state index is 12.0. The first-order chi connectivity index (χ1) is 11.4. The third kappa shape index (κ3) is 3.30. The van der Waals surface area contributed by atoms with Gasteiger partial charge in [-0.1, -0.05) is 11.3 Å². The fourth-order valence-electron chi connectivity index (χ4n) is 2.20. The Morgan fingerprint density at radius 1 is 1.42 bits per heavy atom. The van der Waals surface area contributed by atoms with Gasteiger partial charge in [-0.05, 0) is 37.6 Å². The number of nitrogens with zero attached hydrogens (tertiary/aromatic N) is 4. The Balaban J connectivity index is 1.74. The van der Waals surface area contributed by atoms with Crippen molar-refractivity contribution in [3.63, 3.8) is 0 Å². The van der Waals surface area contributed by atoms with Crippen LogP contribution < -0.4 is 5.32 Å². The summed E-state index contributed by atoms with van der Waals surface area (Å²) in [4.78, 5) is 27.1. The molecular weight excluding hydrogens is 330 g/mol. The quantitative estimate of drug-likeness (QED) is 0.446. The lowest BCUT2D eigenvalue weighted by atomic mass is 10.2. The Morgan fingerprint density at radius 3 is 2.92 bits per heavy atom. The zero-order chi connectivity index (χ0) is 17.3. The number of aryl methyl sites for hydroxylation is 2. The molecule has 8 nitrogen and oxygen atoms in total. The van der Waals surface area contributed by atoms with Gasteiger partial charge < -0.3 is 5.32 Å². The molecule has 3 heterocycles. The van der Waals surface area contributed by atoms with Gasteiger partial charge in [-0.3, -0.25) is 14.9 Å². The van der Waals surface area contributed by atoms with Crippen molar-refractivity contribution < 1.29 is 9.72 Å². The smallest absolute Gasteiger partial charge is 0.321 e. The van der Waals surface area contributed by atoms with E-state index in [1.54, 1.807) is 23.7 Å². The number of rotatable bonds is 4. The molecule has 3 aromatic rings. The third-order valence-corrected chi connectivity index (χ3v) is 4.18. The van der Waals surface area contributed by atoms with Crippen LogP contribution in [-0.2, 0) is 4.79 Å². The Labute approximate surface area is 140 Å². The lowest BCUT2D eigenvalue weighted by Gasteiger charge is -2.04. The maximum atomic E-state index is 12.0. The molecule has 1 N–H and O–H groups in total. The molecule has 122 valence electrons. The number of nitro groups is 1. The summed E-state index contributed by atoms with van der Waals surface area (Å²) in [5.74, 6) is 0.322. The van der Waals surface area contributed by atoms with Crippen molar-refractivity contribution in [2.75, 3.05) is 5.32 Å². The average molecular weight is 343 g/mol. The van der Waals surface area contributed by atoms with Gasteiger partial charge in [0.1, 0.15) is 5.82 Å². The summed E-state index contributed by atoms with van der Waals surface area (Å²) >= 11 is 1.01. The van der Waals surface area contributed by atoms with Crippen LogP contribution in [0.5, 0.6) is 0 Å². The first-order valence-corrected chi connectivity index (χ1v) is 7.81. The molecule has 0 bridgehead atoms. The second-order valence-electron chi connectivity index (χ2n) is 5.09. The number of pyridine rings is 1. The van der Waals surface area contributed by atoms with Gasteiger partial charge in [0.05, 0.1) is 16.8 Å². The van der Waals surface area contributed by atoms with Gasteiger partial charge in [-0.2, -0.15) is 5.10 Å². The largest absolute Gasteiger partial charge is 0.324 e. The molecule has 3 aromatic heterocycles. The third-order valence-electron chi connectivity index (χ3n) is 3.18. The van der Waals surface area contributed by atoms with Crippen molar-refractivity contribution in [3.8, 4) is 0 Å². The van der Waals surface area contributed by atoms with Gasteiger partial charge in [-0.25, -0.2) is 9.50 Å². The van der Waals surface area contributed by atoms with Crippen molar-refractivity contribution in [2.24, 2.45) is 0 Å². The van der Waals surface area contributed by atoms with Crippen LogP contribution in [0.25, 0.3) is 11.7 Å². The molecule has 0 atom stereocenters. The summed E-state index contributed by atoms with van der Waals surface area (Å²) in [6.45, 7) is 3.69. The highest BCUT2D eigenvalue weighted by Crippen LogP contribution is 2.24. The molecular formula is C15H13N5O3S. The number of fused-ring (bicyclic) bond motifs is 1. The first kappa shape index (κ1) is 15.8. The summed E-state index contributed by atoms with van der Waals surface area (Å²) < 4.78 is 1.62. The number of anilines is 1. The summed E-state index contributed by atoms with van der Waals surface area (Å²) in [5.41, 5.74) is 2.23. The topological polar surface area (TPSA) is 102 Å². The van der Waals surface area contributed by atoms with E-state index >= 15 is 0 Å². The molecule has 0 radical (unpaired) electrons. The fourth-order valence-corrected chi connectivity index (χ4v) is 2.92. The predicted octanol–water partition coefficient (Wildman–Crippen LogP) is 2.97. The second-order valence-corrected chi connectivity index (χ2v) is 6.19. The van der Waals surface area contributed by atoms with Crippen LogP contribution >= 0.6 is 11.3 Å². The molecule has 0 spiro atoms. The predicted molar refractivity (Wildman–Crippen MR) is 91.1 cm³/mol. The van der Waals surface area contributed by atoms with Gasteiger partial charge in [-0.15, -0.1) is 0 Å². The molecule has 0 saturated heterocycles. The Bertz CT molecular complexity index is 973. The molecule has 0 saturated carbocycles. The van der Waals surface area contributed by atoms with Gasteiger partial charge in [0.2, 0.25) is 5.91 Å². The van der Waals surface area contributed by atoms with Gasteiger partial charge in [0, 0.05) is 17.0 Å². The number of thiophene rings is 1. The van der Waals surface area contributed by atoms with Crippen LogP contribution in [0.2, 0.25) is 0 Å². The molecule has 0 aromatic carbocycles. The minimum absolute atomic E-state index is 0.0395. The van der Waals surface area contributed by atoms with Gasteiger partial charge >= 0.3 is 5.00 Å². The van der Waals surface area contributed by atoms with E-state index in [2.05, 4.69) is 15.4 Å². The van der Waals surface area contributed by atoms with Crippen LogP contribution in [0, 0.1) is 24.0 Å². The number of hydrogen-bond donors (Lipinski definition) is 1. The van der Waals surface area contributed by atoms with Crippen molar-refractivity contribution in [1.82, 2.24) is 14.6 Å². The lowest BCUT2D eigenvalue weighted by molar-refractivity contribution is -0.380. The first-order valence-electron chi connectivity index (χ1n) is 6.99. The molecule has 0 aliphatic heterocycles. The van der Waals surface area contributed by atoms with Crippen molar-refractivity contribution in [1.29, 1.82) is 0 Å². The Kier molecular flexibility index (Phi) is 4.09. The highest BCUT2D eigenvalue weighted by atomic mass is 32.1. The van der Waals surface area contributed by atoms with E-state index in [4.69, 9.17) is 0 Å². The minimum Gasteiger partial charge on any atom is -0.321 e. The van der Waals surface area contributed by atoms with E-state index in [9.17, 15) is 14.9 Å². The highest BCUT2D eigenvalue weighted by Gasteiger charge is 2.09. The Morgan fingerprint density at radius 2 is 2.21 bits per heavy atom. The number of aromatic nitrogens is 3. The molecule has 0 fully saturated rings. The number of nitrogens with one attached hydrogen (secondary N) is 1. The normalized spacial score (nSPS) is 11.2. The van der Waals surface area contributed by atoms with Crippen LogP contribution in [0.3, 0.4) is 0 Å². The SMILES string of the molecule is Cc1nc2c(C)cc(NC(=O)/C=C/c3ccc([N+](=O)[O-])s3)cn2n1. The molecule has 0 unspecified atom stereocenters. The second kappa shape index (κ2) is 6.20.